The van der Waals surface area contributed by atoms with Crippen LogP contribution in [-0.4, -0.2) is 24.0 Å². The Kier molecular flexibility index (Phi) is 5.92. The van der Waals surface area contributed by atoms with Gasteiger partial charge in [0.15, 0.2) is 0 Å². The maximum absolute atomic E-state index is 13.3. The fourth-order valence-electron chi connectivity index (χ4n) is 4.58. The van der Waals surface area contributed by atoms with E-state index in [1.807, 2.05) is 53.4 Å². The van der Waals surface area contributed by atoms with Crippen LogP contribution < -0.4 is 15.8 Å². The molecule has 1 unspecified atom stereocenters. The molecular weight excluding hydrogens is 438 g/mol. The van der Waals surface area contributed by atoms with Gasteiger partial charge in [0, 0.05) is 34.6 Å². The van der Waals surface area contributed by atoms with Crippen LogP contribution in [0.5, 0.6) is 0 Å². The number of nitrogens with zero attached hydrogens (tertiary/aromatic N) is 1. The number of pyridine rings is 1. The molecule has 7 heteroatoms. The van der Waals surface area contributed by atoms with E-state index in [4.69, 9.17) is 16.0 Å². The van der Waals surface area contributed by atoms with E-state index >= 15 is 0 Å². The molecule has 0 aliphatic carbocycles. The van der Waals surface area contributed by atoms with E-state index < -0.39 is 0 Å². The maximum Gasteiger partial charge on any atom is 0.272 e. The third-order valence-corrected chi connectivity index (χ3v) is 6.37. The summed E-state index contributed by atoms with van der Waals surface area (Å²) in [6.07, 6.45) is 3.19. The fourth-order valence-corrected chi connectivity index (χ4v) is 4.75. The minimum atomic E-state index is -0.216. The molecule has 1 aliphatic heterocycles. The molecule has 1 aliphatic rings. The molecule has 0 saturated carbocycles. The highest BCUT2D eigenvalue weighted by molar-refractivity contribution is 6.31. The molecule has 1 atom stereocenters. The van der Waals surface area contributed by atoms with E-state index in [0.29, 0.717) is 36.1 Å². The van der Waals surface area contributed by atoms with Crippen LogP contribution in [0, 0.1) is 5.92 Å². The first kappa shape index (κ1) is 21.3. The summed E-state index contributed by atoms with van der Waals surface area (Å²) in [7, 11) is 0. The van der Waals surface area contributed by atoms with E-state index in [1.54, 1.807) is 18.4 Å². The first-order valence-electron chi connectivity index (χ1n) is 11.1. The van der Waals surface area contributed by atoms with Gasteiger partial charge in [-0.3, -0.25) is 9.59 Å². The quantitative estimate of drug-likeness (QED) is 0.439. The van der Waals surface area contributed by atoms with Gasteiger partial charge in [0.1, 0.15) is 11.4 Å². The van der Waals surface area contributed by atoms with Crippen molar-refractivity contribution in [1.82, 2.24) is 10.3 Å². The molecule has 1 fully saturated rings. The molecular formula is C26H24ClN3O3. The molecule has 6 nitrogen and oxygen atoms in total. The number of hydrogen-bond acceptors (Lipinski definition) is 4. The number of aromatic amines is 1. The molecule has 168 valence electrons. The van der Waals surface area contributed by atoms with Crippen LogP contribution in [0.2, 0.25) is 5.02 Å². The Labute approximate surface area is 196 Å². The molecule has 0 spiro atoms. The summed E-state index contributed by atoms with van der Waals surface area (Å²) >= 11 is 6.33. The van der Waals surface area contributed by atoms with E-state index in [0.717, 1.165) is 34.9 Å². The maximum atomic E-state index is 13.3. The Balaban J connectivity index is 1.51. The molecule has 1 saturated heterocycles. The highest BCUT2D eigenvalue weighted by Gasteiger charge is 2.29. The number of amides is 1. The summed E-state index contributed by atoms with van der Waals surface area (Å²) < 4.78 is 5.31. The smallest absolute Gasteiger partial charge is 0.272 e. The molecule has 2 N–H and O–H groups in total. The van der Waals surface area contributed by atoms with E-state index in [9.17, 15) is 9.59 Å². The van der Waals surface area contributed by atoms with Crippen LogP contribution in [0.4, 0.5) is 5.69 Å². The van der Waals surface area contributed by atoms with Crippen molar-refractivity contribution in [3.05, 3.63) is 88.1 Å². The minimum Gasteiger partial charge on any atom is -0.467 e. The molecule has 1 amide bonds. The van der Waals surface area contributed by atoms with Gasteiger partial charge in [-0.1, -0.05) is 41.9 Å². The number of nitrogens with one attached hydrogen (secondary N) is 2. The lowest BCUT2D eigenvalue weighted by atomic mass is 9.94. The second-order valence-corrected chi connectivity index (χ2v) is 8.75. The van der Waals surface area contributed by atoms with Crippen molar-refractivity contribution in [2.45, 2.75) is 19.4 Å². The number of anilines is 1. The molecule has 2 aromatic heterocycles. The van der Waals surface area contributed by atoms with Crippen molar-refractivity contribution in [2.75, 3.05) is 18.0 Å². The SMILES string of the molecule is O=C(NCc1ccco1)C1CCCN(c2c(-c3ccccc3)c3cc(Cl)ccc3[nH]c2=O)C1. The Morgan fingerprint density at radius 2 is 2.00 bits per heavy atom. The van der Waals surface area contributed by atoms with Crippen molar-refractivity contribution in [3.63, 3.8) is 0 Å². The van der Waals surface area contributed by atoms with Gasteiger partial charge in [0.2, 0.25) is 5.91 Å². The van der Waals surface area contributed by atoms with E-state index in [-0.39, 0.29) is 17.4 Å². The minimum absolute atomic E-state index is 0.0300. The number of furan rings is 1. The van der Waals surface area contributed by atoms with Crippen molar-refractivity contribution in [1.29, 1.82) is 0 Å². The van der Waals surface area contributed by atoms with Gasteiger partial charge in [0.25, 0.3) is 5.56 Å². The number of aromatic nitrogens is 1. The zero-order valence-electron chi connectivity index (χ0n) is 18.0. The molecule has 4 aromatic rings. The van der Waals surface area contributed by atoms with Gasteiger partial charge in [-0.2, -0.15) is 0 Å². The first-order chi connectivity index (χ1) is 16.1. The monoisotopic (exact) mass is 461 g/mol. The van der Waals surface area contributed by atoms with Gasteiger partial charge >= 0.3 is 0 Å². The van der Waals surface area contributed by atoms with Gasteiger partial charge in [-0.25, -0.2) is 0 Å². The van der Waals surface area contributed by atoms with Crippen molar-refractivity contribution >= 4 is 34.1 Å². The highest BCUT2D eigenvalue weighted by atomic mass is 35.5. The Hall–Kier alpha value is -3.51. The van der Waals surface area contributed by atoms with Crippen molar-refractivity contribution < 1.29 is 9.21 Å². The van der Waals surface area contributed by atoms with E-state index in [1.165, 1.54) is 0 Å². The van der Waals surface area contributed by atoms with Crippen LogP contribution in [0.1, 0.15) is 18.6 Å². The topological polar surface area (TPSA) is 78.3 Å². The first-order valence-corrected chi connectivity index (χ1v) is 11.4. The number of halogens is 1. The van der Waals surface area contributed by atoms with Gasteiger partial charge in [-0.15, -0.1) is 0 Å². The van der Waals surface area contributed by atoms with Crippen LogP contribution in [0.15, 0.2) is 76.1 Å². The largest absolute Gasteiger partial charge is 0.467 e. The molecule has 3 heterocycles. The number of fused-ring (bicyclic) bond motifs is 1. The van der Waals surface area contributed by atoms with Gasteiger partial charge in [-0.05, 0) is 48.7 Å². The molecule has 0 radical (unpaired) electrons. The number of hydrogen-bond donors (Lipinski definition) is 2. The molecule has 0 bridgehead atoms. The van der Waals surface area contributed by atoms with Crippen LogP contribution >= 0.6 is 11.6 Å². The number of rotatable bonds is 5. The molecule has 33 heavy (non-hydrogen) atoms. The lowest BCUT2D eigenvalue weighted by molar-refractivity contribution is -0.125. The van der Waals surface area contributed by atoms with Crippen LogP contribution in [0.3, 0.4) is 0 Å². The zero-order chi connectivity index (χ0) is 22.8. The number of H-pyrrole nitrogens is 1. The Morgan fingerprint density at radius 3 is 2.79 bits per heavy atom. The summed E-state index contributed by atoms with van der Waals surface area (Å²) in [5.41, 5.74) is 2.93. The van der Waals surface area contributed by atoms with Gasteiger partial charge in [0.05, 0.1) is 18.7 Å². The Morgan fingerprint density at radius 1 is 1.15 bits per heavy atom. The fraction of sp³-hybridized carbons (Fsp3) is 0.231. The molecule has 2 aromatic carbocycles. The van der Waals surface area contributed by atoms with Crippen molar-refractivity contribution in [2.24, 2.45) is 5.92 Å². The number of carbonyl (C=O) groups excluding carboxylic acids is 1. The van der Waals surface area contributed by atoms with Crippen LogP contribution in [-0.2, 0) is 11.3 Å². The standard InChI is InChI=1S/C26H24ClN3O3/c27-19-10-11-22-21(14-19)23(17-6-2-1-3-7-17)24(26(32)29-22)30-12-4-8-18(16-30)25(31)28-15-20-9-5-13-33-20/h1-3,5-7,9-11,13-14,18H,4,8,12,15-16H2,(H,28,31)(H,29,32). The van der Waals surface area contributed by atoms with E-state index in [2.05, 4.69) is 10.3 Å². The number of benzene rings is 2. The van der Waals surface area contributed by atoms with Crippen molar-refractivity contribution in [3.8, 4) is 11.1 Å². The predicted octanol–water partition coefficient (Wildman–Crippen LogP) is 4.97. The predicted molar refractivity (Wildman–Crippen MR) is 131 cm³/mol. The number of carbonyl (C=O) groups is 1. The summed E-state index contributed by atoms with van der Waals surface area (Å²) in [6, 6.07) is 19.0. The summed E-state index contributed by atoms with van der Waals surface area (Å²) in [6.45, 7) is 1.53. The normalized spacial score (nSPS) is 16.2. The summed E-state index contributed by atoms with van der Waals surface area (Å²) in [5, 5.41) is 4.45. The lowest BCUT2D eigenvalue weighted by Crippen LogP contribution is -2.44. The van der Waals surface area contributed by atoms with Crippen LogP contribution in [0.25, 0.3) is 22.0 Å². The highest BCUT2D eigenvalue weighted by Crippen LogP contribution is 2.37. The second-order valence-electron chi connectivity index (χ2n) is 8.32. The zero-order valence-corrected chi connectivity index (χ0v) is 18.8. The second kappa shape index (κ2) is 9.16. The third kappa shape index (κ3) is 4.39. The average molecular weight is 462 g/mol. The summed E-state index contributed by atoms with van der Waals surface area (Å²) in [4.78, 5) is 31.3. The average Bonchev–Trinajstić information content (AvgIpc) is 3.36. The Bertz CT molecular complexity index is 1330. The van der Waals surface area contributed by atoms with Gasteiger partial charge < -0.3 is 19.6 Å². The number of piperidine rings is 1. The third-order valence-electron chi connectivity index (χ3n) is 6.14. The lowest BCUT2D eigenvalue weighted by Gasteiger charge is -2.34. The molecule has 5 rings (SSSR count). The summed E-state index contributed by atoms with van der Waals surface area (Å²) in [5.74, 6) is 0.467.